The molecule has 4 heteroatoms. The molecule has 0 aliphatic carbocycles. The standard InChI is InChI=1S/C10H9N3O/c14-8-11-5-4-9-7-13-6-2-1-3-10(13)12-9/h1-3,6-7H,4-5H2. The Morgan fingerprint density at radius 2 is 2.43 bits per heavy atom. The maximum absolute atomic E-state index is 9.85. The number of aromatic nitrogens is 2. The van der Waals surface area contributed by atoms with Gasteiger partial charge in [0.2, 0.25) is 6.08 Å². The molecule has 0 fully saturated rings. The minimum Gasteiger partial charge on any atom is -0.307 e. The van der Waals surface area contributed by atoms with Crippen LogP contribution in [0.5, 0.6) is 0 Å². The van der Waals surface area contributed by atoms with Gasteiger partial charge in [0.1, 0.15) is 5.65 Å². The second kappa shape index (κ2) is 3.85. The molecule has 0 amide bonds. The maximum atomic E-state index is 9.85. The van der Waals surface area contributed by atoms with Crippen molar-refractivity contribution in [1.29, 1.82) is 0 Å². The van der Waals surface area contributed by atoms with Crippen LogP contribution in [0.15, 0.2) is 35.6 Å². The predicted molar refractivity (Wildman–Crippen MR) is 51.9 cm³/mol. The Morgan fingerprint density at radius 3 is 3.21 bits per heavy atom. The molecular formula is C10H9N3O. The summed E-state index contributed by atoms with van der Waals surface area (Å²) in [4.78, 5) is 17.7. The third kappa shape index (κ3) is 1.70. The Balaban J connectivity index is 2.22. The topological polar surface area (TPSA) is 46.7 Å². The first-order valence-electron chi connectivity index (χ1n) is 4.36. The van der Waals surface area contributed by atoms with Crippen molar-refractivity contribution in [3.8, 4) is 0 Å². The first-order chi connectivity index (χ1) is 6.90. The molecule has 0 saturated carbocycles. The van der Waals surface area contributed by atoms with Gasteiger partial charge >= 0.3 is 0 Å². The van der Waals surface area contributed by atoms with Crippen LogP contribution in [0.25, 0.3) is 5.65 Å². The highest BCUT2D eigenvalue weighted by Gasteiger charge is 1.99. The molecule has 2 heterocycles. The zero-order chi connectivity index (χ0) is 9.80. The Kier molecular flexibility index (Phi) is 2.38. The fourth-order valence-electron chi connectivity index (χ4n) is 1.32. The number of hydrogen-bond donors (Lipinski definition) is 0. The number of pyridine rings is 1. The second-order valence-electron chi connectivity index (χ2n) is 2.92. The van der Waals surface area contributed by atoms with Gasteiger partial charge in [-0.2, -0.15) is 0 Å². The van der Waals surface area contributed by atoms with E-state index in [9.17, 15) is 4.79 Å². The largest absolute Gasteiger partial charge is 0.307 e. The van der Waals surface area contributed by atoms with Gasteiger partial charge in [0.05, 0.1) is 12.2 Å². The van der Waals surface area contributed by atoms with Gasteiger partial charge in [-0.25, -0.2) is 14.8 Å². The molecule has 2 rings (SSSR count). The van der Waals surface area contributed by atoms with Crippen molar-refractivity contribution in [1.82, 2.24) is 9.38 Å². The molecule has 70 valence electrons. The van der Waals surface area contributed by atoms with E-state index in [0.717, 1.165) is 11.3 Å². The molecule has 2 aromatic rings. The van der Waals surface area contributed by atoms with Crippen molar-refractivity contribution in [2.75, 3.05) is 6.54 Å². The molecule has 0 spiro atoms. The normalized spacial score (nSPS) is 10.0. The van der Waals surface area contributed by atoms with E-state index in [4.69, 9.17) is 0 Å². The van der Waals surface area contributed by atoms with Gasteiger partial charge in [0, 0.05) is 18.8 Å². The third-order valence-corrected chi connectivity index (χ3v) is 1.96. The SMILES string of the molecule is O=C=NCCc1cn2ccccc2n1. The molecular weight excluding hydrogens is 178 g/mol. The van der Waals surface area contributed by atoms with Gasteiger partial charge in [0.25, 0.3) is 0 Å². The van der Waals surface area contributed by atoms with Gasteiger partial charge in [-0.15, -0.1) is 0 Å². The summed E-state index contributed by atoms with van der Waals surface area (Å²) in [6.07, 6.45) is 6.07. The van der Waals surface area contributed by atoms with Crippen LogP contribution in [-0.4, -0.2) is 22.0 Å². The van der Waals surface area contributed by atoms with Crippen molar-refractivity contribution in [2.24, 2.45) is 4.99 Å². The van der Waals surface area contributed by atoms with Crippen molar-refractivity contribution < 1.29 is 4.79 Å². The molecule has 14 heavy (non-hydrogen) atoms. The lowest BCUT2D eigenvalue weighted by molar-refractivity contribution is 0.563. The minimum atomic E-state index is 0.452. The summed E-state index contributed by atoms with van der Waals surface area (Å²) >= 11 is 0. The second-order valence-corrected chi connectivity index (χ2v) is 2.92. The van der Waals surface area contributed by atoms with Gasteiger partial charge in [-0.05, 0) is 12.1 Å². The first-order valence-corrected chi connectivity index (χ1v) is 4.36. The molecule has 0 N–H and O–H groups in total. The molecule has 0 aliphatic heterocycles. The lowest BCUT2D eigenvalue weighted by atomic mass is 10.3. The van der Waals surface area contributed by atoms with Crippen molar-refractivity contribution in [3.05, 3.63) is 36.3 Å². The minimum absolute atomic E-state index is 0.452. The van der Waals surface area contributed by atoms with Crippen LogP contribution < -0.4 is 0 Å². The van der Waals surface area contributed by atoms with Gasteiger partial charge in [0.15, 0.2) is 0 Å². The summed E-state index contributed by atoms with van der Waals surface area (Å²) < 4.78 is 1.94. The molecule has 0 bridgehead atoms. The Hall–Kier alpha value is -1.93. The number of nitrogens with zero attached hydrogens (tertiary/aromatic N) is 3. The van der Waals surface area contributed by atoms with E-state index >= 15 is 0 Å². The first kappa shape index (κ1) is 8.66. The lowest BCUT2D eigenvalue weighted by Crippen LogP contribution is -1.88. The molecule has 0 aromatic carbocycles. The number of aliphatic imine (C=N–C) groups is 1. The molecule has 4 nitrogen and oxygen atoms in total. The average molecular weight is 187 g/mol. The Morgan fingerprint density at radius 1 is 1.50 bits per heavy atom. The van der Waals surface area contributed by atoms with E-state index in [1.54, 1.807) is 0 Å². The highest BCUT2D eigenvalue weighted by atomic mass is 16.1. The van der Waals surface area contributed by atoms with E-state index in [2.05, 4.69) is 9.98 Å². The van der Waals surface area contributed by atoms with E-state index < -0.39 is 0 Å². The average Bonchev–Trinajstić information content (AvgIpc) is 2.60. The smallest absolute Gasteiger partial charge is 0.234 e. The van der Waals surface area contributed by atoms with E-state index in [1.165, 1.54) is 6.08 Å². The number of imidazole rings is 1. The van der Waals surface area contributed by atoms with E-state index in [1.807, 2.05) is 35.0 Å². The number of fused-ring (bicyclic) bond motifs is 1. The van der Waals surface area contributed by atoms with Crippen LogP contribution in [0.3, 0.4) is 0 Å². The van der Waals surface area contributed by atoms with Crippen LogP contribution in [-0.2, 0) is 11.2 Å². The van der Waals surface area contributed by atoms with Crippen molar-refractivity contribution in [2.45, 2.75) is 6.42 Å². The van der Waals surface area contributed by atoms with Crippen molar-refractivity contribution >= 4 is 11.7 Å². The van der Waals surface area contributed by atoms with Gasteiger partial charge < -0.3 is 4.40 Å². The number of hydrogen-bond acceptors (Lipinski definition) is 3. The summed E-state index contributed by atoms with van der Waals surface area (Å²) in [6.45, 7) is 0.452. The van der Waals surface area contributed by atoms with Gasteiger partial charge in [-0.3, -0.25) is 0 Å². The molecule has 0 atom stereocenters. The Bertz CT molecular complexity index is 450. The summed E-state index contributed by atoms with van der Waals surface area (Å²) in [5.41, 5.74) is 1.85. The van der Waals surface area contributed by atoms with Crippen molar-refractivity contribution in [3.63, 3.8) is 0 Å². The highest BCUT2D eigenvalue weighted by molar-refractivity contribution is 5.39. The van der Waals surface area contributed by atoms with E-state index in [0.29, 0.717) is 13.0 Å². The molecule has 0 aliphatic rings. The van der Waals surface area contributed by atoms with Crippen LogP contribution >= 0.6 is 0 Å². The predicted octanol–water partition coefficient (Wildman–Crippen LogP) is 1.21. The van der Waals surface area contributed by atoms with Crippen LogP contribution in [0.4, 0.5) is 0 Å². The summed E-state index contributed by atoms with van der Waals surface area (Å²) in [6, 6.07) is 5.82. The van der Waals surface area contributed by atoms with Crippen LogP contribution in [0.1, 0.15) is 5.69 Å². The number of carbonyl (C=O) groups excluding carboxylic acids is 1. The summed E-state index contributed by atoms with van der Waals surface area (Å²) in [5.74, 6) is 0. The van der Waals surface area contributed by atoms with Crippen LogP contribution in [0, 0.1) is 0 Å². The molecule has 0 unspecified atom stereocenters. The summed E-state index contributed by atoms with van der Waals surface area (Å²) in [5, 5.41) is 0. The van der Waals surface area contributed by atoms with Gasteiger partial charge in [-0.1, -0.05) is 6.07 Å². The fraction of sp³-hybridized carbons (Fsp3) is 0.200. The Labute approximate surface area is 80.9 Å². The summed E-state index contributed by atoms with van der Waals surface area (Å²) in [7, 11) is 0. The van der Waals surface area contributed by atoms with E-state index in [-0.39, 0.29) is 0 Å². The quantitative estimate of drug-likeness (QED) is 0.535. The monoisotopic (exact) mass is 187 g/mol. The zero-order valence-corrected chi connectivity index (χ0v) is 7.55. The zero-order valence-electron chi connectivity index (χ0n) is 7.55. The van der Waals surface area contributed by atoms with Crippen LogP contribution in [0.2, 0.25) is 0 Å². The highest BCUT2D eigenvalue weighted by Crippen LogP contribution is 2.04. The number of isocyanates is 1. The fourth-order valence-corrected chi connectivity index (χ4v) is 1.32. The maximum Gasteiger partial charge on any atom is 0.234 e. The molecule has 2 aromatic heterocycles. The number of rotatable bonds is 3. The third-order valence-electron chi connectivity index (χ3n) is 1.96. The molecule has 0 radical (unpaired) electrons. The lowest BCUT2D eigenvalue weighted by Gasteiger charge is -1.86. The molecule has 0 saturated heterocycles.